The van der Waals surface area contributed by atoms with Crippen molar-refractivity contribution in [1.82, 2.24) is 24.0 Å². The minimum Gasteiger partial charge on any atom is -0.494 e. The Labute approximate surface area is 202 Å². The van der Waals surface area contributed by atoms with Gasteiger partial charge in [0, 0.05) is 44.5 Å². The predicted molar refractivity (Wildman–Crippen MR) is 132 cm³/mol. The highest BCUT2D eigenvalue weighted by Gasteiger charge is 2.30. The predicted octanol–water partition coefficient (Wildman–Crippen LogP) is 3.71. The van der Waals surface area contributed by atoms with Crippen LogP contribution in [-0.4, -0.2) is 56.2 Å². The summed E-state index contributed by atoms with van der Waals surface area (Å²) in [5, 5.41) is 0.486. The van der Waals surface area contributed by atoms with Gasteiger partial charge < -0.3 is 24.5 Å². The topological polar surface area (TPSA) is 91.2 Å². The van der Waals surface area contributed by atoms with Crippen LogP contribution in [0.1, 0.15) is 36.0 Å². The van der Waals surface area contributed by atoms with E-state index in [4.69, 9.17) is 15.5 Å². The fourth-order valence-electron chi connectivity index (χ4n) is 5.27. The van der Waals surface area contributed by atoms with E-state index in [1.165, 1.54) is 0 Å². The van der Waals surface area contributed by atoms with Gasteiger partial charge >= 0.3 is 0 Å². The molecule has 1 unspecified atom stereocenters. The number of benzene rings is 1. The van der Waals surface area contributed by atoms with E-state index in [-0.39, 0.29) is 17.8 Å². The molecule has 1 atom stereocenters. The molecule has 1 aliphatic heterocycles. The number of nitrogens with zero attached hydrogens (tertiary/aromatic N) is 5. The van der Waals surface area contributed by atoms with Crippen LogP contribution in [0.25, 0.3) is 33.6 Å². The highest BCUT2D eigenvalue weighted by Crippen LogP contribution is 2.39. The number of ether oxygens (including phenoxy) is 1. The number of pyridine rings is 1. The number of nitrogens with two attached hydrogens (primary N) is 1. The van der Waals surface area contributed by atoms with Crippen molar-refractivity contribution in [3.05, 3.63) is 41.8 Å². The third-order valence-corrected chi connectivity index (χ3v) is 7.25. The third-order valence-electron chi connectivity index (χ3n) is 7.25. The lowest BCUT2D eigenvalue weighted by atomic mass is 10.0. The highest BCUT2D eigenvalue weighted by atomic mass is 19.1. The average Bonchev–Trinajstić information content (AvgIpc) is 3.58. The molecule has 9 heteroatoms. The van der Waals surface area contributed by atoms with Crippen LogP contribution < -0.4 is 10.5 Å². The maximum absolute atomic E-state index is 15.8. The lowest BCUT2D eigenvalue weighted by Crippen LogP contribution is -2.45. The summed E-state index contributed by atoms with van der Waals surface area (Å²) in [6, 6.07) is 7.01. The van der Waals surface area contributed by atoms with Crippen molar-refractivity contribution in [3.8, 4) is 17.3 Å². The zero-order valence-corrected chi connectivity index (χ0v) is 20.0. The van der Waals surface area contributed by atoms with Crippen LogP contribution in [0, 0.1) is 11.7 Å². The third kappa shape index (κ3) is 3.65. The minimum absolute atomic E-state index is 0.00949. The molecule has 6 rings (SSSR count). The van der Waals surface area contributed by atoms with Crippen molar-refractivity contribution in [2.75, 3.05) is 20.2 Å². The van der Waals surface area contributed by atoms with Crippen molar-refractivity contribution in [3.63, 3.8) is 0 Å². The molecule has 4 heterocycles. The van der Waals surface area contributed by atoms with Crippen LogP contribution >= 0.6 is 0 Å². The maximum atomic E-state index is 15.8. The van der Waals surface area contributed by atoms with Crippen molar-refractivity contribution in [2.45, 2.75) is 38.3 Å². The number of carbonyl (C=O) groups excluding carboxylic acids is 1. The average molecular weight is 477 g/mol. The summed E-state index contributed by atoms with van der Waals surface area (Å²) < 4.78 is 25.3. The molecule has 2 fully saturated rings. The number of imidazole rings is 1. The van der Waals surface area contributed by atoms with Gasteiger partial charge in [0.25, 0.3) is 5.91 Å². The van der Waals surface area contributed by atoms with Gasteiger partial charge in [-0.25, -0.2) is 14.4 Å². The van der Waals surface area contributed by atoms with Gasteiger partial charge in [0.05, 0.1) is 18.0 Å². The molecule has 4 aromatic rings. The molecular weight excluding hydrogens is 447 g/mol. The van der Waals surface area contributed by atoms with Crippen LogP contribution in [0.4, 0.5) is 4.39 Å². The van der Waals surface area contributed by atoms with Gasteiger partial charge in [-0.1, -0.05) is 0 Å². The second-order valence-corrected chi connectivity index (χ2v) is 9.79. The molecule has 3 aromatic heterocycles. The molecule has 0 spiro atoms. The number of hydrogen-bond acceptors (Lipinski definition) is 5. The first-order chi connectivity index (χ1) is 17.0. The first-order valence-electron chi connectivity index (χ1n) is 12.2. The number of rotatable bonds is 5. The van der Waals surface area contributed by atoms with Crippen molar-refractivity contribution in [1.29, 1.82) is 0 Å². The van der Waals surface area contributed by atoms with Gasteiger partial charge in [0.2, 0.25) is 0 Å². The van der Waals surface area contributed by atoms with Gasteiger partial charge in [-0.05, 0) is 55.9 Å². The fourth-order valence-corrected chi connectivity index (χ4v) is 5.27. The Hall–Kier alpha value is -3.46. The molecule has 1 aromatic carbocycles. The van der Waals surface area contributed by atoms with E-state index in [2.05, 4.69) is 4.98 Å². The quantitative estimate of drug-likeness (QED) is 0.474. The SMILES string of the molecule is COc1cc(C(=O)N2CCCC(N)C2)cc2nc(-c3c(F)c4cccnc4n3CC3CC3)n(C)c12. The number of methoxy groups -OCH3 is 1. The van der Waals surface area contributed by atoms with Crippen LogP contribution in [0.5, 0.6) is 5.75 Å². The Morgan fingerprint density at radius 3 is 2.86 bits per heavy atom. The first-order valence-corrected chi connectivity index (χ1v) is 12.2. The second-order valence-electron chi connectivity index (χ2n) is 9.79. The fraction of sp³-hybridized carbons (Fsp3) is 0.423. The molecule has 2 aliphatic rings. The second kappa shape index (κ2) is 8.34. The van der Waals surface area contributed by atoms with Crippen molar-refractivity contribution >= 4 is 28.0 Å². The number of likely N-dealkylation sites (tertiary alicyclic amines) is 1. The lowest BCUT2D eigenvalue weighted by Gasteiger charge is -2.30. The largest absolute Gasteiger partial charge is 0.494 e. The molecule has 1 amide bonds. The molecular formula is C26H29FN6O2. The normalized spacial score (nSPS) is 18.5. The smallest absolute Gasteiger partial charge is 0.254 e. The Morgan fingerprint density at radius 2 is 2.11 bits per heavy atom. The highest BCUT2D eigenvalue weighted by molar-refractivity contribution is 6.00. The minimum atomic E-state index is -0.329. The van der Waals surface area contributed by atoms with Gasteiger partial charge in [-0.15, -0.1) is 0 Å². The number of piperidine rings is 1. The van der Waals surface area contributed by atoms with Crippen LogP contribution in [-0.2, 0) is 13.6 Å². The molecule has 8 nitrogen and oxygen atoms in total. The Bertz CT molecular complexity index is 1450. The van der Waals surface area contributed by atoms with E-state index in [0.717, 1.165) is 25.7 Å². The van der Waals surface area contributed by atoms with E-state index in [0.29, 0.717) is 70.5 Å². The van der Waals surface area contributed by atoms with Gasteiger partial charge in [-0.3, -0.25) is 4.79 Å². The van der Waals surface area contributed by atoms with E-state index in [1.807, 2.05) is 16.2 Å². The number of fused-ring (bicyclic) bond motifs is 2. The van der Waals surface area contributed by atoms with E-state index < -0.39 is 0 Å². The summed E-state index contributed by atoms with van der Waals surface area (Å²) in [5.74, 6) is 1.11. The summed E-state index contributed by atoms with van der Waals surface area (Å²) in [6.07, 6.45) is 5.77. The summed E-state index contributed by atoms with van der Waals surface area (Å²) >= 11 is 0. The maximum Gasteiger partial charge on any atom is 0.254 e. The van der Waals surface area contributed by atoms with Gasteiger partial charge in [-0.2, -0.15) is 0 Å². The summed E-state index contributed by atoms with van der Waals surface area (Å²) in [7, 11) is 3.42. The number of halogens is 1. The van der Waals surface area contributed by atoms with Gasteiger partial charge in [0.1, 0.15) is 22.6 Å². The molecule has 0 radical (unpaired) electrons. The number of carbonyl (C=O) groups is 1. The van der Waals surface area contributed by atoms with Crippen LogP contribution in [0.3, 0.4) is 0 Å². The summed E-state index contributed by atoms with van der Waals surface area (Å²) in [4.78, 5) is 24.4. The van der Waals surface area contributed by atoms with Gasteiger partial charge in [0.15, 0.2) is 11.6 Å². The molecule has 1 saturated heterocycles. The zero-order chi connectivity index (χ0) is 24.3. The molecule has 35 heavy (non-hydrogen) atoms. The summed E-state index contributed by atoms with van der Waals surface area (Å²) in [5.41, 5.74) is 8.94. The number of amides is 1. The molecule has 1 aliphatic carbocycles. The Kier molecular flexibility index (Phi) is 5.25. The molecule has 1 saturated carbocycles. The standard InChI is InChI=1S/C26H29FN6O2/c1-31-22-19(11-16(12-20(22)35-2)26(34)32-10-4-5-17(28)14-32)30-25(31)23-21(27)18-6-3-9-29-24(18)33(23)13-15-7-8-15/h3,6,9,11-12,15,17H,4-5,7-8,10,13-14,28H2,1-2H3. The van der Waals surface area contributed by atoms with Crippen molar-refractivity contribution < 1.29 is 13.9 Å². The van der Waals surface area contributed by atoms with Crippen LogP contribution in [0.15, 0.2) is 30.5 Å². The zero-order valence-electron chi connectivity index (χ0n) is 20.0. The lowest BCUT2D eigenvalue weighted by molar-refractivity contribution is 0.0708. The number of aryl methyl sites for hydroxylation is 1. The monoisotopic (exact) mass is 476 g/mol. The molecule has 2 N–H and O–H groups in total. The Morgan fingerprint density at radius 1 is 1.29 bits per heavy atom. The summed E-state index contributed by atoms with van der Waals surface area (Å²) in [6.45, 7) is 1.91. The van der Waals surface area contributed by atoms with E-state index in [9.17, 15) is 4.79 Å². The Balaban J connectivity index is 1.51. The number of aromatic nitrogens is 4. The van der Waals surface area contributed by atoms with E-state index >= 15 is 4.39 Å². The van der Waals surface area contributed by atoms with Crippen molar-refractivity contribution in [2.24, 2.45) is 18.7 Å². The first kappa shape index (κ1) is 22.0. The van der Waals surface area contributed by atoms with Crippen LogP contribution in [0.2, 0.25) is 0 Å². The molecule has 0 bridgehead atoms. The van der Waals surface area contributed by atoms with E-state index in [1.54, 1.807) is 42.5 Å². The number of hydrogen-bond donors (Lipinski definition) is 1. The molecule has 182 valence electrons.